The van der Waals surface area contributed by atoms with Crippen molar-refractivity contribution in [2.24, 2.45) is 4.99 Å². The van der Waals surface area contributed by atoms with Gasteiger partial charge in [0.05, 0.1) is 47.9 Å². The second kappa shape index (κ2) is 7.29. The third-order valence-corrected chi connectivity index (χ3v) is 5.04. The number of ether oxygens (including phenoxy) is 1. The minimum Gasteiger partial charge on any atom is -0.378 e. The molecule has 1 fully saturated rings. The average molecular weight is 396 g/mol. The van der Waals surface area contributed by atoms with Crippen LogP contribution in [-0.2, 0) is 4.74 Å². The Morgan fingerprint density at radius 2 is 1.93 bits per heavy atom. The summed E-state index contributed by atoms with van der Waals surface area (Å²) in [5, 5.41) is -0.0868. The van der Waals surface area contributed by atoms with Gasteiger partial charge in [-0.2, -0.15) is 0 Å². The van der Waals surface area contributed by atoms with E-state index < -0.39 is 0 Å². The largest absolute Gasteiger partial charge is 0.378 e. The van der Waals surface area contributed by atoms with Crippen LogP contribution in [0.1, 0.15) is 0 Å². The SMILES string of the molecule is ClC1C=CC(n2c(-c3cnc(N4CCOCC4)nc3)nc3ccncc32)=NC1. The number of morpholine rings is 1. The lowest BCUT2D eigenvalue weighted by Gasteiger charge is -2.26. The second-order valence-electron chi connectivity index (χ2n) is 6.58. The van der Waals surface area contributed by atoms with Crippen molar-refractivity contribution >= 4 is 34.4 Å². The number of imidazole rings is 1. The highest BCUT2D eigenvalue weighted by molar-refractivity contribution is 6.22. The summed E-state index contributed by atoms with van der Waals surface area (Å²) in [5.41, 5.74) is 2.54. The number of aromatic nitrogens is 5. The van der Waals surface area contributed by atoms with E-state index in [1.54, 1.807) is 24.8 Å². The van der Waals surface area contributed by atoms with Gasteiger partial charge in [0.15, 0.2) is 0 Å². The summed E-state index contributed by atoms with van der Waals surface area (Å²) in [4.78, 5) is 24.9. The van der Waals surface area contributed by atoms with Gasteiger partial charge in [0.2, 0.25) is 5.95 Å². The van der Waals surface area contributed by atoms with Crippen LogP contribution in [0.5, 0.6) is 0 Å². The summed E-state index contributed by atoms with van der Waals surface area (Å²) < 4.78 is 7.37. The number of nitrogens with zero attached hydrogens (tertiary/aromatic N) is 7. The Morgan fingerprint density at radius 1 is 1.11 bits per heavy atom. The highest BCUT2D eigenvalue weighted by Gasteiger charge is 2.19. The van der Waals surface area contributed by atoms with Crippen molar-refractivity contribution in [2.45, 2.75) is 5.38 Å². The van der Waals surface area contributed by atoms with Crippen molar-refractivity contribution in [3.63, 3.8) is 0 Å². The minimum absolute atomic E-state index is 0.0868. The molecule has 0 saturated carbocycles. The Morgan fingerprint density at radius 3 is 2.68 bits per heavy atom. The minimum atomic E-state index is -0.0868. The van der Waals surface area contributed by atoms with Gasteiger partial charge in [0.25, 0.3) is 0 Å². The van der Waals surface area contributed by atoms with E-state index in [9.17, 15) is 0 Å². The molecule has 3 aromatic rings. The van der Waals surface area contributed by atoms with Gasteiger partial charge in [0.1, 0.15) is 11.7 Å². The highest BCUT2D eigenvalue weighted by Crippen LogP contribution is 2.25. The van der Waals surface area contributed by atoms with Gasteiger partial charge in [-0.3, -0.25) is 14.5 Å². The molecule has 0 aromatic carbocycles. The monoisotopic (exact) mass is 395 g/mol. The van der Waals surface area contributed by atoms with Crippen LogP contribution in [0.15, 0.2) is 48.0 Å². The third kappa shape index (κ3) is 3.14. The first kappa shape index (κ1) is 17.3. The van der Waals surface area contributed by atoms with Crippen LogP contribution in [0.3, 0.4) is 0 Å². The van der Waals surface area contributed by atoms with Crippen LogP contribution >= 0.6 is 11.6 Å². The molecule has 0 radical (unpaired) electrons. The maximum absolute atomic E-state index is 6.14. The Kier molecular flexibility index (Phi) is 4.50. The zero-order valence-corrected chi connectivity index (χ0v) is 15.8. The van der Waals surface area contributed by atoms with Gasteiger partial charge in [0, 0.05) is 31.7 Å². The van der Waals surface area contributed by atoms with Crippen molar-refractivity contribution in [3.05, 3.63) is 43.0 Å². The van der Waals surface area contributed by atoms with Crippen LogP contribution in [0.2, 0.25) is 0 Å². The van der Waals surface area contributed by atoms with E-state index in [1.807, 2.05) is 22.8 Å². The Hall–Kier alpha value is -2.84. The first-order valence-corrected chi connectivity index (χ1v) is 9.58. The number of alkyl halides is 1. The summed E-state index contributed by atoms with van der Waals surface area (Å²) in [5.74, 6) is 2.21. The molecule has 5 rings (SSSR count). The van der Waals surface area contributed by atoms with Crippen molar-refractivity contribution in [2.75, 3.05) is 37.7 Å². The number of dihydropyridines is 1. The lowest BCUT2D eigenvalue weighted by molar-refractivity contribution is 0.122. The van der Waals surface area contributed by atoms with Crippen LogP contribution in [0, 0.1) is 0 Å². The molecule has 2 aliphatic rings. The lowest BCUT2D eigenvalue weighted by atomic mass is 10.2. The van der Waals surface area contributed by atoms with Crippen LogP contribution in [0.25, 0.3) is 22.4 Å². The molecule has 0 aliphatic carbocycles. The van der Waals surface area contributed by atoms with E-state index in [-0.39, 0.29) is 5.38 Å². The van der Waals surface area contributed by atoms with Crippen molar-refractivity contribution in [1.29, 1.82) is 0 Å². The molecule has 1 atom stereocenters. The average Bonchev–Trinajstić information content (AvgIpc) is 3.15. The zero-order chi connectivity index (χ0) is 18.9. The molecule has 0 amide bonds. The van der Waals surface area contributed by atoms with Gasteiger partial charge in [-0.15, -0.1) is 11.6 Å². The predicted molar refractivity (Wildman–Crippen MR) is 108 cm³/mol. The molecular formula is C19H18ClN7O. The number of hydrogen-bond donors (Lipinski definition) is 0. The van der Waals surface area contributed by atoms with Crippen LogP contribution < -0.4 is 4.90 Å². The maximum atomic E-state index is 6.14. The third-order valence-electron chi connectivity index (χ3n) is 4.76. The molecular weight excluding hydrogens is 378 g/mol. The molecule has 0 spiro atoms. The maximum Gasteiger partial charge on any atom is 0.225 e. The molecule has 1 unspecified atom stereocenters. The first-order chi connectivity index (χ1) is 13.8. The molecule has 0 bridgehead atoms. The van der Waals surface area contributed by atoms with E-state index >= 15 is 0 Å². The smallest absolute Gasteiger partial charge is 0.225 e. The fraction of sp³-hybridized carbons (Fsp3) is 0.316. The topological polar surface area (TPSA) is 81.3 Å². The number of allylic oxidation sites excluding steroid dienone is 1. The van der Waals surface area contributed by atoms with Crippen molar-refractivity contribution in [1.82, 2.24) is 24.5 Å². The quantitative estimate of drug-likeness (QED) is 0.618. The van der Waals surface area contributed by atoms with Gasteiger partial charge in [-0.25, -0.2) is 15.0 Å². The van der Waals surface area contributed by atoms with E-state index in [0.29, 0.717) is 25.7 Å². The molecule has 2 aliphatic heterocycles. The summed E-state index contributed by atoms with van der Waals surface area (Å²) in [6, 6.07) is 1.88. The zero-order valence-electron chi connectivity index (χ0n) is 15.1. The number of halogens is 1. The normalized spacial score (nSPS) is 19.8. The van der Waals surface area contributed by atoms with Crippen LogP contribution in [0.4, 0.5) is 5.95 Å². The predicted octanol–water partition coefficient (Wildman–Crippen LogP) is 2.15. The summed E-state index contributed by atoms with van der Waals surface area (Å²) in [7, 11) is 0. The molecule has 28 heavy (non-hydrogen) atoms. The first-order valence-electron chi connectivity index (χ1n) is 9.14. The van der Waals surface area contributed by atoms with Gasteiger partial charge >= 0.3 is 0 Å². The molecule has 3 aromatic heterocycles. The number of aliphatic imine (C=N–C) groups is 1. The second-order valence-corrected chi connectivity index (χ2v) is 7.14. The van der Waals surface area contributed by atoms with E-state index in [4.69, 9.17) is 21.3 Å². The number of anilines is 1. The lowest BCUT2D eigenvalue weighted by Crippen LogP contribution is -2.37. The fourth-order valence-electron chi connectivity index (χ4n) is 3.34. The molecule has 9 heteroatoms. The summed E-state index contributed by atoms with van der Waals surface area (Å²) in [6.45, 7) is 3.51. The number of pyridine rings is 1. The Balaban J connectivity index is 1.57. The summed E-state index contributed by atoms with van der Waals surface area (Å²) in [6.07, 6.45) is 11.0. The molecule has 1 saturated heterocycles. The van der Waals surface area contributed by atoms with E-state index in [2.05, 4.69) is 24.8 Å². The fourth-order valence-corrected chi connectivity index (χ4v) is 3.48. The Bertz CT molecular complexity index is 1050. The standard InChI is InChI=1S/C19H18ClN7O/c20-14-1-2-17(22-11-14)27-16-12-21-4-3-15(16)25-18(27)13-9-23-19(24-10-13)26-5-7-28-8-6-26/h1-4,9-10,12,14H,5-8,11H2. The van der Waals surface area contributed by atoms with Crippen molar-refractivity contribution < 1.29 is 4.74 Å². The number of rotatable bonds is 2. The molecule has 5 heterocycles. The number of hydrogen-bond acceptors (Lipinski definition) is 7. The highest BCUT2D eigenvalue weighted by atomic mass is 35.5. The molecule has 8 nitrogen and oxygen atoms in total. The van der Waals surface area contributed by atoms with Crippen molar-refractivity contribution in [3.8, 4) is 11.4 Å². The number of fused-ring (bicyclic) bond motifs is 1. The van der Waals surface area contributed by atoms with Crippen LogP contribution in [-0.4, -0.2) is 68.6 Å². The van der Waals surface area contributed by atoms with Gasteiger partial charge in [-0.1, -0.05) is 6.08 Å². The molecule has 0 N–H and O–H groups in total. The van der Waals surface area contributed by atoms with Gasteiger partial charge in [-0.05, 0) is 12.1 Å². The van der Waals surface area contributed by atoms with E-state index in [1.165, 1.54) is 0 Å². The molecule has 142 valence electrons. The Labute approximate surface area is 166 Å². The van der Waals surface area contributed by atoms with E-state index in [0.717, 1.165) is 41.3 Å². The van der Waals surface area contributed by atoms with Gasteiger partial charge < -0.3 is 9.64 Å². The summed E-state index contributed by atoms with van der Waals surface area (Å²) >= 11 is 6.14.